The van der Waals surface area contributed by atoms with Crippen molar-refractivity contribution in [2.75, 3.05) is 13.2 Å². The number of carbonyl (C=O) groups is 1. The molecule has 0 rings (SSSR count). The Bertz CT molecular complexity index is 353. The zero-order chi connectivity index (χ0) is 14.1. The summed E-state index contributed by atoms with van der Waals surface area (Å²) in [5.74, 6) is 0.131. The van der Waals surface area contributed by atoms with E-state index in [1.807, 2.05) is 0 Å². The zero-order valence-corrected chi connectivity index (χ0v) is 8.90. The third kappa shape index (κ3) is 4.89. The third-order valence-electron chi connectivity index (χ3n) is 1.54. The van der Waals surface area contributed by atoms with Crippen molar-refractivity contribution in [1.29, 1.82) is 0 Å². The van der Waals surface area contributed by atoms with Crippen molar-refractivity contribution in [3.8, 4) is 0 Å². The van der Waals surface area contributed by atoms with Gasteiger partial charge in [-0.3, -0.25) is 0 Å². The molecule has 0 spiro atoms. The van der Waals surface area contributed by atoms with Gasteiger partial charge in [0.15, 0.2) is 11.9 Å². The van der Waals surface area contributed by atoms with Crippen molar-refractivity contribution >= 4 is 18.0 Å². The molecule has 0 aromatic rings. The molecule has 0 radical (unpaired) electrons. The van der Waals surface area contributed by atoms with Crippen molar-refractivity contribution in [2.24, 2.45) is 0 Å². The number of rotatable bonds is 6. The number of hydrogen-bond acceptors (Lipinski definition) is 9. The first kappa shape index (κ1) is 16.0. The summed E-state index contributed by atoms with van der Waals surface area (Å²) in [7, 11) is 0. The summed E-state index contributed by atoms with van der Waals surface area (Å²) >= 11 is 0. The smallest absolute Gasteiger partial charge is 0.393 e. The average Bonchev–Trinajstić information content (AvgIpc) is 2.40. The van der Waals surface area contributed by atoms with Gasteiger partial charge in [-0.05, 0) is 0 Å². The van der Waals surface area contributed by atoms with Crippen molar-refractivity contribution < 1.29 is 44.3 Å². The van der Waals surface area contributed by atoms with Crippen LogP contribution in [0, 0.1) is 0 Å². The topological polar surface area (TPSA) is 151 Å². The molecule has 0 amide bonds. The fourth-order valence-electron chi connectivity index (χ4n) is 0.680. The highest BCUT2D eigenvalue weighted by atomic mass is 16.7. The van der Waals surface area contributed by atoms with Crippen LogP contribution in [0.1, 0.15) is 0 Å². The van der Waals surface area contributed by atoms with Gasteiger partial charge in [0.2, 0.25) is 11.5 Å². The maximum absolute atomic E-state index is 11.0. The molecule has 0 aliphatic rings. The highest BCUT2D eigenvalue weighted by Crippen LogP contribution is 2.06. The average molecular weight is 262 g/mol. The van der Waals surface area contributed by atoms with E-state index in [0.717, 1.165) is 11.9 Å². The molecular formula is C9H10O9. The molecule has 9 heteroatoms. The summed E-state index contributed by atoms with van der Waals surface area (Å²) in [5, 5.41) is 34.9. The minimum absolute atomic E-state index is 0.909. The van der Waals surface area contributed by atoms with E-state index in [1.54, 1.807) is 0 Å². The Labute approximate surface area is 100 Å². The minimum atomic E-state index is -1.79. The molecule has 0 heterocycles. The van der Waals surface area contributed by atoms with Crippen LogP contribution in [0.15, 0.2) is 11.5 Å². The van der Waals surface area contributed by atoms with E-state index in [4.69, 9.17) is 20.4 Å². The van der Waals surface area contributed by atoms with Gasteiger partial charge in [0.25, 0.3) is 0 Å². The lowest BCUT2D eigenvalue weighted by atomic mass is 10.3. The van der Waals surface area contributed by atoms with Crippen molar-refractivity contribution in [2.45, 2.75) is 12.2 Å². The Hall–Kier alpha value is -1.99. The van der Waals surface area contributed by atoms with E-state index in [9.17, 15) is 14.4 Å². The Balaban J connectivity index is 4.61. The van der Waals surface area contributed by atoms with E-state index >= 15 is 0 Å². The molecule has 2 atom stereocenters. The van der Waals surface area contributed by atoms with Crippen LogP contribution >= 0.6 is 0 Å². The van der Waals surface area contributed by atoms with Gasteiger partial charge in [0, 0.05) is 0 Å². The molecular weight excluding hydrogens is 252 g/mol. The Morgan fingerprint density at radius 2 is 1.28 bits per heavy atom. The van der Waals surface area contributed by atoms with Gasteiger partial charge >= 0.3 is 6.16 Å². The van der Waals surface area contributed by atoms with Gasteiger partial charge in [-0.15, -0.1) is 0 Å². The van der Waals surface area contributed by atoms with Crippen LogP contribution in [0.5, 0.6) is 0 Å². The second-order valence-corrected chi connectivity index (χ2v) is 2.78. The molecule has 0 aromatic heterocycles. The van der Waals surface area contributed by atoms with E-state index in [0.29, 0.717) is 0 Å². The summed E-state index contributed by atoms with van der Waals surface area (Å²) in [4.78, 5) is 31.5. The molecule has 0 aliphatic heterocycles. The fourth-order valence-corrected chi connectivity index (χ4v) is 0.680. The molecule has 9 nitrogen and oxygen atoms in total. The highest BCUT2D eigenvalue weighted by Gasteiger charge is 2.22. The number of hydrogen-bond donors (Lipinski definition) is 4. The normalized spacial score (nSPS) is 12.7. The van der Waals surface area contributed by atoms with Crippen LogP contribution in [0.2, 0.25) is 0 Å². The van der Waals surface area contributed by atoms with Gasteiger partial charge in [-0.1, -0.05) is 0 Å². The molecule has 0 aromatic carbocycles. The number of aliphatic hydroxyl groups excluding tert-OH is 4. The van der Waals surface area contributed by atoms with E-state index in [-0.39, 0.29) is 0 Å². The van der Waals surface area contributed by atoms with Crippen molar-refractivity contribution in [1.82, 2.24) is 0 Å². The lowest BCUT2D eigenvalue weighted by molar-refractivity contribution is 0.0330. The van der Waals surface area contributed by atoms with Crippen LogP contribution in [-0.2, 0) is 19.1 Å². The summed E-state index contributed by atoms with van der Waals surface area (Å²) in [5.41, 5.74) is 0. The summed E-state index contributed by atoms with van der Waals surface area (Å²) in [6, 6.07) is 0. The Morgan fingerprint density at radius 3 is 1.50 bits per heavy atom. The maximum atomic E-state index is 11.0. The monoisotopic (exact) mass is 262 g/mol. The second kappa shape index (κ2) is 8.15. The minimum Gasteiger partial charge on any atom is -0.393 e. The Kier molecular flexibility index (Phi) is 7.25. The third-order valence-corrected chi connectivity index (χ3v) is 1.54. The molecule has 4 N–H and O–H groups in total. The van der Waals surface area contributed by atoms with Gasteiger partial charge in [0.1, 0.15) is 12.2 Å². The van der Waals surface area contributed by atoms with Crippen LogP contribution in [0.25, 0.3) is 0 Å². The van der Waals surface area contributed by atoms with Gasteiger partial charge < -0.3 is 29.9 Å². The molecule has 18 heavy (non-hydrogen) atoms. The largest absolute Gasteiger partial charge is 0.520 e. The van der Waals surface area contributed by atoms with E-state index in [1.165, 1.54) is 0 Å². The SMILES string of the molecule is O=C=C(OC(=O)OC(=C=O)C(O)CO)C(O)CO. The first-order valence-corrected chi connectivity index (χ1v) is 4.47. The number of ether oxygens (including phenoxy) is 2. The second-order valence-electron chi connectivity index (χ2n) is 2.78. The molecule has 0 bridgehead atoms. The molecule has 0 saturated heterocycles. The van der Waals surface area contributed by atoms with Crippen LogP contribution < -0.4 is 0 Å². The summed E-state index contributed by atoms with van der Waals surface area (Å²) in [6.45, 7) is -1.82. The molecule has 0 saturated carbocycles. The summed E-state index contributed by atoms with van der Waals surface area (Å²) < 4.78 is 8.22. The van der Waals surface area contributed by atoms with Gasteiger partial charge in [0.05, 0.1) is 13.2 Å². The van der Waals surface area contributed by atoms with Gasteiger partial charge in [-0.2, -0.15) is 0 Å². The quantitative estimate of drug-likeness (QED) is 0.227. The standard InChI is InChI=1S/C9H10O9/c10-1-5(14)7(3-12)17-9(16)18-8(4-13)6(15)2-11/h5-6,10-11,14-15H,1-2H2. The van der Waals surface area contributed by atoms with Crippen molar-refractivity contribution in [3.05, 3.63) is 11.5 Å². The lowest BCUT2D eigenvalue weighted by Gasteiger charge is -2.11. The first-order chi connectivity index (χ1) is 8.49. The van der Waals surface area contributed by atoms with Crippen LogP contribution in [0.4, 0.5) is 4.79 Å². The Morgan fingerprint density at radius 1 is 0.944 bits per heavy atom. The first-order valence-electron chi connectivity index (χ1n) is 4.47. The molecule has 0 aliphatic carbocycles. The highest BCUT2D eigenvalue weighted by molar-refractivity contribution is 5.69. The van der Waals surface area contributed by atoms with Crippen LogP contribution in [-0.4, -0.2) is 63.9 Å². The molecule has 100 valence electrons. The predicted octanol–water partition coefficient (Wildman–Crippen LogP) is -2.72. The van der Waals surface area contributed by atoms with E-state index < -0.39 is 43.1 Å². The molecule has 2 unspecified atom stereocenters. The maximum Gasteiger partial charge on any atom is 0.520 e. The predicted molar refractivity (Wildman–Crippen MR) is 52.2 cm³/mol. The molecule has 0 fully saturated rings. The fraction of sp³-hybridized carbons (Fsp3) is 0.444. The zero-order valence-electron chi connectivity index (χ0n) is 8.90. The van der Waals surface area contributed by atoms with Crippen LogP contribution in [0.3, 0.4) is 0 Å². The number of aliphatic hydroxyl groups is 4. The summed E-state index contributed by atoms with van der Waals surface area (Å²) in [6.07, 6.45) is -5.23. The van der Waals surface area contributed by atoms with Crippen molar-refractivity contribution in [3.63, 3.8) is 0 Å². The number of carbonyl (C=O) groups excluding carboxylic acids is 3. The van der Waals surface area contributed by atoms with E-state index in [2.05, 4.69) is 9.47 Å². The van der Waals surface area contributed by atoms with Gasteiger partial charge in [-0.25, -0.2) is 14.4 Å². The lowest BCUT2D eigenvalue weighted by Crippen LogP contribution is -2.24.